The van der Waals surface area contributed by atoms with E-state index in [1.807, 2.05) is 44.1 Å². The highest BCUT2D eigenvalue weighted by Crippen LogP contribution is 2.38. The van der Waals surface area contributed by atoms with Gasteiger partial charge in [-0.25, -0.2) is 0 Å². The summed E-state index contributed by atoms with van der Waals surface area (Å²) in [6.07, 6.45) is 1.26. The van der Waals surface area contributed by atoms with E-state index in [0.717, 1.165) is 29.3 Å². The second-order valence-corrected chi connectivity index (χ2v) is 5.44. The zero-order valence-electron chi connectivity index (χ0n) is 11.7. The number of anilines is 1. The van der Waals surface area contributed by atoms with E-state index in [0.29, 0.717) is 5.92 Å². The summed E-state index contributed by atoms with van der Waals surface area (Å²) in [5, 5.41) is 3.11. The molecule has 0 bridgehead atoms. The van der Waals surface area contributed by atoms with Gasteiger partial charge in [0, 0.05) is 31.9 Å². The SMILES string of the molecule is CNc1ccc(C(=O)N(C)CC2CC2C)cc1C. The lowest BCUT2D eigenvalue weighted by Gasteiger charge is -2.18. The van der Waals surface area contributed by atoms with E-state index in [1.54, 1.807) is 0 Å². The van der Waals surface area contributed by atoms with Crippen molar-refractivity contribution in [3.8, 4) is 0 Å². The first-order chi connectivity index (χ1) is 8.52. The molecule has 0 heterocycles. The number of hydrogen-bond acceptors (Lipinski definition) is 2. The molecule has 0 saturated heterocycles. The maximum Gasteiger partial charge on any atom is 0.253 e. The average molecular weight is 246 g/mol. The molecule has 18 heavy (non-hydrogen) atoms. The van der Waals surface area contributed by atoms with Gasteiger partial charge in [0.15, 0.2) is 0 Å². The summed E-state index contributed by atoms with van der Waals surface area (Å²) in [6.45, 7) is 5.15. The largest absolute Gasteiger partial charge is 0.388 e. The highest BCUT2D eigenvalue weighted by molar-refractivity contribution is 5.94. The Morgan fingerprint density at radius 3 is 2.67 bits per heavy atom. The number of hydrogen-bond donors (Lipinski definition) is 1. The van der Waals surface area contributed by atoms with Crippen LogP contribution in [0.1, 0.15) is 29.3 Å². The van der Waals surface area contributed by atoms with Crippen LogP contribution in [0.4, 0.5) is 5.69 Å². The number of nitrogens with zero attached hydrogens (tertiary/aromatic N) is 1. The first-order valence-electron chi connectivity index (χ1n) is 6.56. The van der Waals surface area contributed by atoms with E-state index in [4.69, 9.17) is 0 Å². The molecule has 2 unspecified atom stereocenters. The predicted molar refractivity (Wildman–Crippen MR) is 75.0 cm³/mol. The lowest BCUT2D eigenvalue weighted by atomic mass is 10.1. The van der Waals surface area contributed by atoms with Crippen molar-refractivity contribution in [2.75, 3.05) is 26.0 Å². The standard InChI is InChI=1S/C15H22N2O/c1-10-7-13(10)9-17(4)15(18)12-5-6-14(16-3)11(2)8-12/h5-6,8,10,13,16H,7,9H2,1-4H3. The fourth-order valence-corrected chi connectivity index (χ4v) is 2.39. The zero-order chi connectivity index (χ0) is 13.3. The van der Waals surface area contributed by atoms with Crippen LogP contribution in [0.3, 0.4) is 0 Å². The molecule has 1 aromatic carbocycles. The van der Waals surface area contributed by atoms with Crippen molar-refractivity contribution in [3.63, 3.8) is 0 Å². The number of aryl methyl sites for hydroxylation is 1. The molecule has 0 aliphatic heterocycles. The van der Waals surface area contributed by atoms with Crippen molar-refractivity contribution < 1.29 is 4.79 Å². The number of benzene rings is 1. The van der Waals surface area contributed by atoms with Gasteiger partial charge < -0.3 is 10.2 Å². The van der Waals surface area contributed by atoms with Gasteiger partial charge >= 0.3 is 0 Å². The molecule has 0 spiro atoms. The Hall–Kier alpha value is -1.51. The Kier molecular flexibility index (Phi) is 3.60. The van der Waals surface area contributed by atoms with Crippen molar-refractivity contribution in [3.05, 3.63) is 29.3 Å². The summed E-state index contributed by atoms with van der Waals surface area (Å²) in [6, 6.07) is 5.82. The number of amides is 1. The first-order valence-corrected chi connectivity index (χ1v) is 6.56. The molecule has 0 aromatic heterocycles. The molecule has 2 atom stereocenters. The minimum Gasteiger partial charge on any atom is -0.388 e. The van der Waals surface area contributed by atoms with Crippen LogP contribution in [0.2, 0.25) is 0 Å². The molecule has 1 fully saturated rings. The third kappa shape index (κ3) is 2.66. The second-order valence-electron chi connectivity index (χ2n) is 5.44. The van der Waals surface area contributed by atoms with Crippen LogP contribution in [0.5, 0.6) is 0 Å². The third-order valence-corrected chi connectivity index (χ3v) is 3.87. The Bertz CT molecular complexity index is 456. The Labute approximate surface area is 109 Å². The molecule has 2 rings (SSSR count). The lowest BCUT2D eigenvalue weighted by molar-refractivity contribution is 0.0787. The predicted octanol–water partition coefficient (Wildman–Crippen LogP) is 2.76. The van der Waals surface area contributed by atoms with Gasteiger partial charge in [-0.15, -0.1) is 0 Å². The van der Waals surface area contributed by atoms with Gasteiger partial charge in [0.05, 0.1) is 0 Å². The number of nitrogens with one attached hydrogen (secondary N) is 1. The van der Waals surface area contributed by atoms with Gasteiger partial charge in [-0.05, 0) is 48.9 Å². The number of carbonyl (C=O) groups is 1. The van der Waals surface area contributed by atoms with Gasteiger partial charge in [0.2, 0.25) is 0 Å². The molecular formula is C15H22N2O. The molecule has 1 amide bonds. The van der Waals surface area contributed by atoms with E-state index in [-0.39, 0.29) is 5.91 Å². The van der Waals surface area contributed by atoms with E-state index < -0.39 is 0 Å². The molecule has 1 N–H and O–H groups in total. The fourth-order valence-electron chi connectivity index (χ4n) is 2.39. The summed E-state index contributed by atoms with van der Waals surface area (Å²) >= 11 is 0. The van der Waals surface area contributed by atoms with Crippen LogP contribution >= 0.6 is 0 Å². The van der Waals surface area contributed by atoms with Crippen LogP contribution in [-0.4, -0.2) is 31.4 Å². The van der Waals surface area contributed by atoms with E-state index in [1.165, 1.54) is 6.42 Å². The molecule has 3 nitrogen and oxygen atoms in total. The summed E-state index contributed by atoms with van der Waals surface area (Å²) < 4.78 is 0. The van der Waals surface area contributed by atoms with Crippen molar-refractivity contribution >= 4 is 11.6 Å². The molecule has 1 aromatic rings. The van der Waals surface area contributed by atoms with E-state index in [9.17, 15) is 4.79 Å². The smallest absolute Gasteiger partial charge is 0.253 e. The van der Waals surface area contributed by atoms with Crippen LogP contribution in [0.25, 0.3) is 0 Å². The summed E-state index contributed by atoms with van der Waals surface area (Å²) in [5.74, 6) is 1.62. The van der Waals surface area contributed by atoms with Gasteiger partial charge in [0.1, 0.15) is 0 Å². The van der Waals surface area contributed by atoms with Gasteiger partial charge in [-0.3, -0.25) is 4.79 Å². The molecular weight excluding hydrogens is 224 g/mol. The lowest BCUT2D eigenvalue weighted by Crippen LogP contribution is -2.29. The van der Waals surface area contributed by atoms with Gasteiger partial charge in [-0.1, -0.05) is 6.92 Å². The topological polar surface area (TPSA) is 32.3 Å². The minimum absolute atomic E-state index is 0.125. The Balaban J connectivity index is 2.05. The number of rotatable bonds is 4. The van der Waals surface area contributed by atoms with Crippen LogP contribution < -0.4 is 5.32 Å². The second kappa shape index (κ2) is 5.01. The van der Waals surface area contributed by atoms with E-state index >= 15 is 0 Å². The molecule has 98 valence electrons. The van der Waals surface area contributed by atoms with Crippen molar-refractivity contribution in [1.82, 2.24) is 4.90 Å². The monoisotopic (exact) mass is 246 g/mol. The number of carbonyl (C=O) groups excluding carboxylic acids is 1. The van der Waals surface area contributed by atoms with Gasteiger partial charge in [-0.2, -0.15) is 0 Å². The quantitative estimate of drug-likeness (QED) is 0.886. The van der Waals surface area contributed by atoms with Crippen molar-refractivity contribution in [2.45, 2.75) is 20.3 Å². The highest BCUT2D eigenvalue weighted by atomic mass is 16.2. The fraction of sp³-hybridized carbons (Fsp3) is 0.533. The third-order valence-electron chi connectivity index (χ3n) is 3.87. The zero-order valence-corrected chi connectivity index (χ0v) is 11.7. The minimum atomic E-state index is 0.125. The van der Waals surface area contributed by atoms with Crippen LogP contribution in [0.15, 0.2) is 18.2 Å². The summed E-state index contributed by atoms with van der Waals surface area (Å²) in [5.41, 5.74) is 2.96. The Morgan fingerprint density at radius 2 is 2.17 bits per heavy atom. The van der Waals surface area contributed by atoms with Crippen LogP contribution in [0, 0.1) is 18.8 Å². The molecule has 1 aliphatic rings. The first kappa shape index (κ1) is 12.9. The molecule has 3 heteroatoms. The summed E-state index contributed by atoms with van der Waals surface area (Å²) in [4.78, 5) is 14.1. The van der Waals surface area contributed by atoms with Gasteiger partial charge in [0.25, 0.3) is 5.91 Å². The maximum atomic E-state index is 12.3. The molecule has 0 radical (unpaired) electrons. The summed E-state index contributed by atoms with van der Waals surface area (Å²) in [7, 11) is 3.79. The normalized spacial score (nSPS) is 21.6. The Morgan fingerprint density at radius 1 is 1.50 bits per heavy atom. The van der Waals surface area contributed by atoms with Crippen molar-refractivity contribution in [2.24, 2.45) is 11.8 Å². The maximum absolute atomic E-state index is 12.3. The average Bonchev–Trinajstić information content (AvgIpc) is 3.03. The van der Waals surface area contributed by atoms with Crippen molar-refractivity contribution in [1.29, 1.82) is 0 Å². The molecule has 1 aliphatic carbocycles. The highest BCUT2D eigenvalue weighted by Gasteiger charge is 2.34. The van der Waals surface area contributed by atoms with E-state index in [2.05, 4.69) is 12.2 Å². The molecule has 1 saturated carbocycles. The van der Waals surface area contributed by atoms with Crippen LogP contribution in [-0.2, 0) is 0 Å².